The number of nitrogens with two attached hydrogens (primary N) is 1. The highest BCUT2D eigenvalue weighted by atomic mass is 35.5. The van der Waals surface area contributed by atoms with Crippen LogP contribution in [0.25, 0.3) is 0 Å². The average molecular weight is 454 g/mol. The lowest BCUT2D eigenvalue weighted by Crippen LogP contribution is -2.31. The summed E-state index contributed by atoms with van der Waals surface area (Å²) in [5.41, 5.74) is 6.90. The molecule has 0 heterocycles. The third-order valence-corrected chi connectivity index (χ3v) is 4.26. The van der Waals surface area contributed by atoms with Crippen molar-refractivity contribution in [2.24, 2.45) is 5.73 Å². The minimum Gasteiger partial charge on any atom is -0.497 e. The minimum absolute atomic E-state index is 0. The quantitative estimate of drug-likeness (QED) is 0.375. The topological polar surface area (TPSA) is 107 Å². The SMILES string of the molecule is CCOC(C(=O)NCc1ccc(C(=N)N)cc1OC(C)C)c1ccc(OC)cc1F.Cl. The molecule has 2 aromatic rings. The molecule has 0 saturated heterocycles. The number of halogens is 2. The molecule has 0 aliphatic heterocycles. The standard InChI is InChI=1S/C22H28FN3O4.ClH/c1-5-29-20(17-9-8-16(28-4)11-18(17)23)22(27)26-12-15-7-6-14(21(24)25)10-19(15)30-13(2)3;/h6-11,13,20H,5,12H2,1-4H3,(H3,24,25)(H,26,27);1H. The molecule has 1 unspecified atom stereocenters. The summed E-state index contributed by atoms with van der Waals surface area (Å²) in [6.07, 6.45) is -1.21. The summed E-state index contributed by atoms with van der Waals surface area (Å²) >= 11 is 0. The van der Waals surface area contributed by atoms with E-state index in [1.807, 2.05) is 13.8 Å². The van der Waals surface area contributed by atoms with Crippen LogP contribution in [0.2, 0.25) is 0 Å². The van der Waals surface area contributed by atoms with Gasteiger partial charge >= 0.3 is 0 Å². The first kappa shape index (κ1) is 26.2. The number of amidine groups is 1. The van der Waals surface area contributed by atoms with Gasteiger partial charge < -0.3 is 25.3 Å². The molecular weight excluding hydrogens is 425 g/mol. The predicted molar refractivity (Wildman–Crippen MR) is 120 cm³/mol. The Morgan fingerprint density at radius 2 is 1.94 bits per heavy atom. The first-order chi connectivity index (χ1) is 14.3. The second kappa shape index (κ2) is 12.1. The van der Waals surface area contributed by atoms with Crippen molar-refractivity contribution in [2.75, 3.05) is 13.7 Å². The first-order valence-corrected chi connectivity index (χ1v) is 9.63. The van der Waals surface area contributed by atoms with Crippen LogP contribution in [-0.4, -0.2) is 31.6 Å². The van der Waals surface area contributed by atoms with Crippen LogP contribution >= 0.6 is 12.4 Å². The van der Waals surface area contributed by atoms with E-state index in [-0.39, 0.29) is 43.1 Å². The lowest BCUT2D eigenvalue weighted by molar-refractivity contribution is -0.133. The van der Waals surface area contributed by atoms with Gasteiger partial charge in [-0.25, -0.2) is 4.39 Å². The van der Waals surface area contributed by atoms with Gasteiger partial charge in [0.2, 0.25) is 0 Å². The molecule has 0 bridgehead atoms. The zero-order valence-corrected chi connectivity index (χ0v) is 18.8. The molecule has 170 valence electrons. The zero-order chi connectivity index (χ0) is 22.3. The van der Waals surface area contributed by atoms with Crippen molar-refractivity contribution >= 4 is 24.1 Å². The van der Waals surface area contributed by atoms with Crippen molar-refractivity contribution in [1.82, 2.24) is 5.32 Å². The molecule has 1 atom stereocenters. The summed E-state index contributed by atoms with van der Waals surface area (Å²) in [6, 6.07) is 9.34. The number of rotatable bonds is 10. The Labute approximate surface area is 188 Å². The van der Waals surface area contributed by atoms with Crippen molar-refractivity contribution in [3.05, 3.63) is 58.9 Å². The van der Waals surface area contributed by atoms with Gasteiger partial charge in [0.15, 0.2) is 6.10 Å². The van der Waals surface area contributed by atoms with Gasteiger partial charge in [0, 0.05) is 35.9 Å². The van der Waals surface area contributed by atoms with Crippen LogP contribution in [0.15, 0.2) is 36.4 Å². The Hall–Kier alpha value is -2.84. The Bertz CT molecular complexity index is 908. The van der Waals surface area contributed by atoms with Gasteiger partial charge in [0.05, 0.1) is 13.2 Å². The third-order valence-electron chi connectivity index (χ3n) is 4.26. The van der Waals surface area contributed by atoms with E-state index in [1.54, 1.807) is 31.2 Å². The van der Waals surface area contributed by atoms with Gasteiger partial charge in [-0.05, 0) is 39.0 Å². The number of methoxy groups -OCH3 is 1. The van der Waals surface area contributed by atoms with Crippen molar-refractivity contribution in [3.8, 4) is 11.5 Å². The van der Waals surface area contributed by atoms with E-state index in [2.05, 4.69) is 5.32 Å². The number of ether oxygens (including phenoxy) is 3. The van der Waals surface area contributed by atoms with Crippen molar-refractivity contribution in [3.63, 3.8) is 0 Å². The molecule has 4 N–H and O–H groups in total. The van der Waals surface area contributed by atoms with E-state index in [1.165, 1.54) is 19.2 Å². The zero-order valence-electron chi connectivity index (χ0n) is 18.0. The van der Waals surface area contributed by atoms with E-state index >= 15 is 0 Å². The number of hydrogen-bond donors (Lipinski definition) is 3. The Balaban J connectivity index is 0.00000480. The Morgan fingerprint density at radius 3 is 2.48 bits per heavy atom. The van der Waals surface area contributed by atoms with Gasteiger partial charge in [0.25, 0.3) is 5.91 Å². The number of benzene rings is 2. The minimum atomic E-state index is -1.10. The van der Waals surface area contributed by atoms with Gasteiger partial charge in [-0.3, -0.25) is 10.2 Å². The van der Waals surface area contributed by atoms with Crippen molar-refractivity contribution in [2.45, 2.75) is 39.5 Å². The smallest absolute Gasteiger partial charge is 0.254 e. The molecule has 0 spiro atoms. The highest BCUT2D eigenvalue weighted by molar-refractivity contribution is 5.95. The van der Waals surface area contributed by atoms with Crippen LogP contribution in [0.5, 0.6) is 11.5 Å². The number of nitrogens with one attached hydrogen (secondary N) is 2. The fourth-order valence-corrected chi connectivity index (χ4v) is 2.83. The van der Waals surface area contributed by atoms with Crippen molar-refractivity contribution in [1.29, 1.82) is 5.41 Å². The van der Waals surface area contributed by atoms with Crippen LogP contribution in [0.1, 0.15) is 43.6 Å². The summed E-state index contributed by atoms with van der Waals surface area (Å²) in [7, 11) is 1.44. The average Bonchev–Trinajstić information content (AvgIpc) is 2.70. The molecule has 0 saturated carbocycles. The van der Waals surface area contributed by atoms with Crippen LogP contribution in [0, 0.1) is 11.2 Å². The molecule has 9 heteroatoms. The highest BCUT2D eigenvalue weighted by Gasteiger charge is 2.25. The second-order valence-corrected chi connectivity index (χ2v) is 6.84. The number of hydrogen-bond acceptors (Lipinski definition) is 5. The summed E-state index contributed by atoms with van der Waals surface area (Å²) in [5.74, 6) is -0.273. The van der Waals surface area contributed by atoms with Gasteiger partial charge in [-0.1, -0.05) is 12.1 Å². The maximum absolute atomic E-state index is 14.5. The van der Waals surface area contributed by atoms with E-state index in [4.69, 9.17) is 25.4 Å². The molecule has 1 amide bonds. The molecule has 0 radical (unpaired) electrons. The second-order valence-electron chi connectivity index (χ2n) is 6.84. The van der Waals surface area contributed by atoms with E-state index in [0.29, 0.717) is 22.6 Å². The van der Waals surface area contributed by atoms with E-state index in [9.17, 15) is 9.18 Å². The fourth-order valence-electron chi connectivity index (χ4n) is 2.83. The summed E-state index contributed by atoms with van der Waals surface area (Å²) in [5, 5.41) is 10.4. The lowest BCUT2D eigenvalue weighted by Gasteiger charge is -2.20. The monoisotopic (exact) mass is 453 g/mol. The van der Waals surface area contributed by atoms with Gasteiger partial charge in [-0.15, -0.1) is 12.4 Å². The number of carbonyl (C=O) groups excluding carboxylic acids is 1. The molecule has 0 aromatic heterocycles. The molecule has 0 aliphatic carbocycles. The van der Waals surface area contributed by atoms with Crippen LogP contribution in [-0.2, 0) is 16.1 Å². The molecule has 2 aromatic carbocycles. The third kappa shape index (κ3) is 7.11. The van der Waals surface area contributed by atoms with Crippen LogP contribution in [0.3, 0.4) is 0 Å². The number of nitrogen functional groups attached to an aromatic ring is 1. The number of amides is 1. The maximum atomic E-state index is 14.5. The largest absolute Gasteiger partial charge is 0.497 e. The predicted octanol–water partition coefficient (Wildman–Crippen LogP) is 3.72. The van der Waals surface area contributed by atoms with Crippen molar-refractivity contribution < 1.29 is 23.4 Å². The maximum Gasteiger partial charge on any atom is 0.254 e. The Morgan fingerprint density at radius 1 is 1.23 bits per heavy atom. The molecule has 31 heavy (non-hydrogen) atoms. The normalized spacial score (nSPS) is 11.4. The fraction of sp³-hybridized carbons (Fsp3) is 0.364. The molecule has 7 nitrogen and oxygen atoms in total. The number of carbonyl (C=O) groups is 1. The van der Waals surface area contributed by atoms with Gasteiger partial charge in [-0.2, -0.15) is 0 Å². The molecule has 0 fully saturated rings. The summed E-state index contributed by atoms with van der Waals surface area (Å²) in [4.78, 5) is 12.8. The first-order valence-electron chi connectivity index (χ1n) is 9.63. The summed E-state index contributed by atoms with van der Waals surface area (Å²) in [6.45, 7) is 5.86. The highest BCUT2D eigenvalue weighted by Crippen LogP contribution is 2.26. The lowest BCUT2D eigenvalue weighted by atomic mass is 10.1. The van der Waals surface area contributed by atoms with Gasteiger partial charge in [0.1, 0.15) is 23.2 Å². The molecule has 2 rings (SSSR count). The van der Waals surface area contributed by atoms with E-state index < -0.39 is 17.8 Å². The molecule has 0 aliphatic rings. The Kier molecular flexibility index (Phi) is 10.2. The van der Waals surface area contributed by atoms with Crippen LogP contribution < -0.4 is 20.5 Å². The molecular formula is C22H29ClFN3O4. The summed E-state index contributed by atoms with van der Waals surface area (Å²) < 4.78 is 30.8. The van der Waals surface area contributed by atoms with E-state index in [0.717, 1.165) is 0 Å². The van der Waals surface area contributed by atoms with Crippen LogP contribution in [0.4, 0.5) is 4.39 Å².